The maximum Gasteiger partial charge on any atom is 0.196 e. The van der Waals surface area contributed by atoms with Crippen LogP contribution < -0.4 is 11.5 Å². The minimum Gasteiger partial charge on any atom is -0.396 e. The summed E-state index contributed by atoms with van der Waals surface area (Å²) in [5.41, 5.74) is 12.8. The van der Waals surface area contributed by atoms with Crippen LogP contribution in [0.1, 0.15) is 31.8 Å². The van der Waals surface area contributed by atoms with Crippen molar-refractivity contribution in [3.8, 4) is 0 Å². The lowest BCUT2D eigenvalue weighted by Gasteiger charge is -2.20. The van der Waals surface area contributed by atoms with E-state index >= 15 is 0 Å². The molecule has 4 nitrogen and oxygen atoms in total. The maximum atomic E-state index is 12.4. The zero-order chi connectivity index (χ0) is 13.7. The molecule has 2 aromatic carbocycles. The number of carbonyl (C=O) groups is 2. The van der Waals surface area contributed by atoms with Gasteiger partial charge in [0.2, 0.25) is 0 Å². The van der Waals surface area contributed by atoms with Gasteiger partial charge in [0.05, 0.1) is 22.0 Å². The highest BCUT2D eigenvalue weighted by molar-refractivity contribution is 6.37. The number of ketones is 2. The highest BCUT2D eigenvalue weighted by Crippen LogP contribution is 2.37. The van der Waals surface area contributed by atoms with Crippen LogP contribution in [-0.4, -0.2) is 11.6 Å². The molecule has 4 N–H and O–H groups in total. The average molecular weight is 273 g/mol. The van der Waals surface area contributed by atoms with E-state index in [-0.39, 0.29) is 39.1 Å². The number of anilines is 2. The number of nitrogen functional groups attached to an aromatic ring is 2. The van der Waals surface area contributed by atoms with Crippen molar-refractivity contribution in [2.24, 2.45) is 0 Å². The van der Waals surface area contributed by atoms with Gasteiger partial charge in [0, 0.05) is 16.7 Å². The van der Waals surface area contributed by atoms with E-state index in [1.165, 1.54) is 6.07 Å². The molecule has 2 aromatic rings. The second-order valence-electron chi connectivity index (χ2n) is 4.31. The average Bonchev–Trinajstić information content (AvgIpc) is 2.42. The zero-order valence-electron chi connectivity index (χ0n) is 9.74. The van der Waals surface area contributed by atoms with Gasteiger partial charge in [0.1, 0.15) is 0 Å². The maximum absolute atomic E-state index is 12.4. The molecule has 0 saturated carbocycles. The zero-order valence-corrected chi connectivity index (χ0v) is 10.5. The molecular formula is C14H9ClN2O2. The summed E-state index contributed by atoms with van der Waals surface area (Å²) in [5.74, 6) is -0.565. The predicted octanol–water partition coefficient (Wildman–Crippen LogP) is 2.28. The largest absolute Gasteiger partial charge is 0.396 e. The van der Waals surface area contributed by atoms with E-state index in [0.29, 0.717) is 11.1 Å². The Bertz CT molecular complexity index is 753. The van der Waals surface area contributed by atoms with E-state index < -0.39 is 0 Å². The van der Waals surface area contributed by atoms with Crippen molar-refractivity contribution in [2.75, 3.05) is 11.5 Å². The Labute approximate surface area is 114 Å². The fraction of sp³-hybridized carbons (Fsp3) is 0. The van der Waals surface area contributed by atoms with Crippen LogP contribution in [0.5, 0.6) is 0 Å². The first-order valence-electron chi connectivity index (χ1n) is 5.58. The number of hydrogen-bond donors (Lipinski definition) is 2. The molecule has 0 saturated heterocycles. The number of fused-ring (bicyclic) bond motifs is 2. The monoisotopic (exact) mass is 272 g/mol. The van der Waals surface area contributed by atoms with Gasteiger partial charge in [-0.1, -0.05) is 35.9 Å². The molecule has 0 heterocycles. The Morgan fingerprint density at radius 1 is 0.842 bits per heavy atom. The SMILES string of the molecule is Nc1c(Cl)cc2c(c1N)C(=O)c1ccccc1C2=O. The molecule has 0 atom stereocenters. The van der Waals surface area contributed by atoms with Crippen LogP contribution >= 0.6 is 11.6 Å². The molecule has 0 spiro atoms. The van der Waals surface area contributed by atoms with Crippen molar-refractivity contribution in [3.63, 3.8) is 0 Å². The topological polar surface area (TPSA) is 86.2 Å². The quantitative estimate of drug-likeness (QED) is 0.615. The molecule has 1 aliphatic rings. The Morgan fingerprint density at radius 2 is 1.42 bits per heavy atom. The molecule has 0 aliphatic heterocycles. The fourth-order valence-electron chi connectivity index (χ4n) is 2.27. The van der Waals surface area contributed by atoms with E-state index in [1.807, 2.05) is 0 Å². The summed E-state index contributed by atoms with van der Waals surface area (Å²) in [5, 5.41) is 0.178. The highest BCUT2D eigenvalue weighted by atomic mass is 35.5. The summed E-state index contributed by atoms with van der Waals surface area (Å²) in [6.45, 7) is 0. The van der Waals surface area contributed by atoms with Gasteiger partial charge in [0.25, 0.3) is 0 Å². The first-order valence-corrected chi connectivity index (χ1v) is 5.96. The van der Waals surface area contributed by atoms with E-state index in [4.69, 9.17) is 23.1 Å². The molecule has 94 valence electrons. The highest BCUT2D eigenvalue weighted by Gasteiger charge is 2.32. The molecule has 0 fully saturated rings. The Kier molecular flexibility index (Phi) is 2.37. The Hall–Kier alpha value is -2.33. The van der Waals surface area contributed by atoms with Crippen LogP contribution in [-0.2, 0) is 0 Å². The molecule has 0 radical (unpaired) electrons. The van der Waals surface area contributed by atoms with Crippen LogP contribution in [0.2, 0.25) is 5.02 Å². The number of nitrogens with two attached hydrogens (primary N) is 2. The van der Waals surface area contributed by atoms with Gasteiger partial charge in [0.15, 0.2) is 11.6 Å². The van der Waals surface area contributed by atoms with E-state index in [9.17, 15) is 9.59 Å². The van der Waals surface area contributed by atoms with E-state index in [2.05, 4.69) is 0 Å². The van der Waals surface area contributed by atoms with Crippen LogP contribution in [0.25, 0.3) is 0 Å². The summed E-state index contributed by atoms with van der Waals surface area (Å²) in [7, 11) is 0. The normalized spacial score (nSPS) is 13.1. The van der Waals surface area contributed by atoms with Crippen LogP contribution in [0.4, 0.5) is 11.4 Å². The third kappa shape index (κ3) is 1.47. The Balaban J connectivity index is 2.40. The molecule has 0 unspecified atom stereocenters. The fourth-order valence-corrected chi connectivity index (χ4v) is 2.48. The summed E-state index contributed by atoms with van der Waals surface area (Å²) < 4.78 is 0. The van der Waals surface area contributed by atoms with Gasteiger partial charge in [-0.2, -0.15) is 0 Å². The van der Waals surface area contributed by atoms with Crippen molar-refractivity contribution in [1.82, 2.24) is 0 Å². The van der Waals surface area contributed by atoms with Crippen molar-refractivity contribution < 1.29 is 9.59 Å². The molecular weight excluding hydrogens is 264 g/mol. The van der Waals surface area contributed by atoms with Crippen LogP contribution in [0.15, 0.2) is 30.3 Å². The minimum absolute atomic E-state index is 0.0651. The van der Waals surface area contributed by atoms with Gasteiger partial charge < -0.3 is 11.5 Å². The van der Waals surface area contributed by atoms with Crippen molar-refractivity contribution in [3.05, 3.63) is 57.6 Å². The van der Waals surface area contributed by atoms with Crippen LogP contribution in [0.3, 0.4) is 0 Å². The first-order chi connectivity index (χ1) is 9.02. The third-order valence-electron chi connectivity index (χ3n) is 3.25. The van der Waals surface area contributed by atoms with Crippen LogP contribution in [0, 0.1) is 0 Å². The summed E-state index contributed by atoms with van der Waals surface area (Å²) in [4.78, 5) is 24.8. The van der Waals surface area contributed by atoms with Crippen molar-refractivity contribution in [2.45, 2.75) is 0 Å². The lowest BCUT2D eigenvalue weighted by molar-refractivity contribution is 0.0980. The summed E-state index contributed by atoms with van der Waals surface area (Å²) in [6.07, 6.45) is 0. The van der Waals surface area contributed by atoms with Gasteiger partial charge in [-0.15, -0.1) is 0 Å². The second kappa shape index (κ2) is 3.83. The molecule has 1 aliphatic carbocycles. The number of carbonyl (C=O) groups excluding carboxylic acids is 2. The van der Waals surface area contributed by atoms with Gasteiger partial charge in [-0.3, -0.25) is 9.59 Å². The van der Waals surface area contributed by atoms with Crippen molar-refractivity contribution in [1.29, 1.82) is 0 Å². The lowest BCUT2D eigenvalue weighted by Crippen LogP contribution is -2.23. The van der Waals surface area contributed by atoms with Gasteiger partial charge in [-0.05, 0) is 6.07 Å². The molecule has 0 bridgehead atoms. The molecule has 3 rings (SSSR count). The first kappa shape index (κ1) is 11.7. The number of halogens is 1. The van der Waals surface area contributed by atoms with Crippen molar-refractivity contribution >= 4 is 34.5 Å². The lowest BCUT2D eigenvalue weighted by atomic mass is 9.83. The third-order valence-corrected chi connectivity index (χ3v) is 3.56. The smallest absolute Gasteiger partial charge is 0.196 e. The molecule has 19 heavy (non-hydrogen) atoms. The molecule has 0 amide bonds. The number of hydrogen-bond acceptors (Lipinski definition) is 4. The molecule has 5 heteroatoms. The predicted molar refractivity (Wildman–Crippen MR) is 73.6 cm³/mol. The number of rotatable bonds is 0. The summed E-state index contributed by atoms with van der Waals surface area (Å²) in [6, 6.07) is 8.02. The van der Waals surface area contributed by atoms with Gasteiger partial charge in [-0.25, -0.2) is 0 Å². The summed E-state index contributed by atoms with van der Waals surface area (Å²) >= 11 is 5.92. The minimum atomic E-state index is -0.300. The van der Waals surface area contributed by atoms with E-state index in [1.54, 1.807) is 24.3 Å². The molecule has 0 aromatic heterocycles. The number of benzene rings is 2. The van der Waals surface area contributed by atoms with Gasteiger partial charge >= 0.3 is 0 Å². The second-order valence-corrected chi connectivity index (χ2v) is 4.72. The van der Waals surface area contributed by atoms with E-state index in [0.717, 1.165) is 0 Å². The Morgan fingerprint density at radius 3 is 2.05 bits per heavy atom. The standard InChI is InChI=1S/C14H9ClN2O2/c15-9-5-8-10(12(17)11(9)16)14(19)7-4-2-1-3-6(7)13(8)18/h1-5H,16-17H2.